The van der Waals surface area contributed by atoms with Crippen molar-refractivity contribution >= 4 is 56.3 Å². The molecule has 2 aromatic carbocycles. The number of amides is 1. The first-order valence-corrected chi connectivity index (χ1v) is 13.6. The van der Waals surface area contributed by atoms with E-state index in [2.05, 4.69) is 5.32 Å². The van der Waals surface area contributed by atoms with Crippen molar-refractivity contribution in [3.8, 4) is 0 Å². The van der Waals surface area contributed by atoms with Crippen molar-refractivity contribution in [3.63, 3.8) is 0 Å². The second kappa shape index (κ2) is 11.7. The van der Waals surface area contributed by atoms with E-state index in [4.69, 9.17) is 11.6 Å². The molecule has 0 saturated heterocycles. The molecule has 0 unspecified atom stereocenters. The standard InChI is InChI=1S/C22H22ClFN2O3S3/c23-18-8-2-1-7-17(18)16-30-13-6-12-25-21(27)15-26(20-10-4-3-9-19(20)24)32(28,29)22-11-5-14-31-22/h1-5,7-11,14H,6,12-13,15-16H2,(H,25,27). The van der Waals surface area contributed by atoms with E-state index in [1.807, 2.05) is 24.3 Å². The molecular weight excluding hydrogens is 491 g/mol. The minimum atomic E-state index is -4.07. The Kier molecular flexibility index (Phi) is 8.98. The molecule has 3 aromatic rings. The molecule has 170 valence electrons. The maximum Gasteiger partial charge on any atom is 0.274 e. The average Bonchev–Trinajstić information content (AvgIpc) is 3.32. The van der Waals surface area contributed by atoms with Crippen molar-refractivity contribution in [2.75, 3.05) is 23.1 Å². The second-order valence-electron chi connectivity index (χ2n) is 6.74. The predicted octanol–water partition coefficient (Wildman–Crippen LogP) is 5.18. The molecule has 1 N–H and O–H groups in total. The average molecular weight is 513 g/mol. The number of rotatable bonds is 11. The van der Waals surface area contributed by atoms with E-state index < -0.39 is 28.3 Å². The lowest BCUT2D eigenvalue weighted by molar-refractivity contribution is -0.119. The lowest BCUT2D eigenvalue weighted by Gasteiger charge is -2.23. The molecule has 0 atom stereocenters. The Morgan fingerprint density at radius 3 is 2.56 bits per heavy atom. The molecule has 0 spiro atoms. The number of anilines is 1. The lowest BCUT2D eigenvalue weighted by atomic mass is 10.2. The summed E-state index contributed by atoms with van der Waals surface area (Å²) in [6.07, 6.45) is 0.707. The van der Waals surface area contributed by atoms with E-state index in [1.165, 1.54) is 30.3 Å². The van der Waals surface area contributed by atoms with Gasteiger partial charge in [-0.15, -0.1) is 11.3 Å². The van der Waals surface area contributed by atoms with Crippen LogP contribution in [0, 0.1) is 5.82 Å². The fraction of sp³-hybridized carbons (Fsp3) is 0.227. The van der Waals surface area contributed by atoms with Crippen LogP contribution in [0.3, 0.4) is 0 Å². The molecule has 1 amide bonds. The predicted molar refractivity (Wildman–Crippen MR) is 130 cm³/mol. The molecule has 0 aliphatic carbocycles. The summed E-state index contributed by atoms with van der Waals surface area (Å²) in [4.78, 5) is 12.5. The van der Waals surface area contributed by atoms with E-state index >= 15 is 0 Å². The van der Waals surface area contributed by atoms with Gasteiger partial charge in [0.15, 0.2) is 0 Å². The maximum absolute atomic E-state index is 14.4. The van der Waals surface area contributed by atoms with E-state index in [1.54, 1.807) is 23.2 Å². The van der Waals surface area contributed by atoms with Gasteiger partial charge in [0.05, 0.1) is 5.69 Å². The van der Waals surface area contributed by atoms with Crippen LogP contribution in [-0.4, -0.2) is 33.2 Å². The molecule has 0 fully saturated rings. The van der Waals surface area contributed by atoms with Gasteiger partial charge in [0.1, 0.15) is 16.6 Å². The number of halogens is 2. The van der Waals surface area contributed by atoms with Crippen molar-refractivity contribution in [1.82, 2.24) is 5.32 Å². The van der Waals surface area contributed by atoms with Gasteiger partial charge in [0.25, 0.3) is 10.0 Å². The van der Waals surface area contributed by atoms with Crippen LogP contribution in [0.2, 0.25) is 5.02 Å². The van der Waals surface area contributed by atoms with E-state index in [0.717, 1.165) is 37.7 Å². The maximum atomic E-state index is 14.4. The van der Waals surface area contributed by atoms with E-state index in [-0.39, 0.29) is 9.90 Å². The number of thiophene rings is 1. The normalized spacial score (nSPS) is 11.3. The lowest BCUT2D eigenvalue weighted by Crippen LogP contribution is -2.41. The smallest absolute Gasteiger partial charge is 0.274 e. The van der Waals surface area contributed by atoms with Crippen LogP contribution in [0.5, 0.6) is 0 Å². The summed E-state index contributed by atoms with van der Waals surface area (Å²) in [5.41, 5.74) is 0.897. The van der Waals surface area contributed by atoms with Crippen LogP contribution in [0.15, 0.2) is 70.3 Å². The van der Waals surface area contributed by atoms with Gasteiger partial charge in [0, 0.05) is 17.3 Å². The van der Waals surface area contributed by atoms with Crippen LogP contribution in [0.25, 0.3) is 0 Å². The van der Waals surface area contributed by atoms with E-state index in [9.17, 15) is 17.6 Å². The zero-order chi connectivity index (χ0) is 23.0. The quantitative estimate of drug-likeness (QED) is 0.360. The van der Waals surface area contributed by atoms with Crippen molar-refractivity contribution in [2.24, 2.45) is 0 Å². The fourth-order valence-electron chi connectivity index (χ4n) is 2.86. The first kappa shape index (κ1) is 24.6. The number of thioether (sulfide) groups is 1. The molecule has 10 heteroatoms. The summed E-state index contributed by atoms with van der Waals surface area (Å²) in [5, 5.41) is 5.07. The summed E-state index contributed by atoms with van der Waals surface area (Å²) in [7, 11) is -4.07. The third kappa shape index (κ3) is 6.48. The van der Waals surface area contributed by atoms with Crippen molar-refractivity contribution in [2.45, 2.75) is 16.4 Å². The van der Waals surface area contributed by atoms with Gasteiger partial charge in [0.2, 0.25) is 5.91 Å². The number of hydrogen-bond donors (Lipinski definition) is 1. The molecule has 32 heavy (non-hydrogen) atoms. The Balaban J connectivity index is 1.55. The highest BCUT2D eigenvalue weighted by molar-refractivity contribution is 7.98. The van der Waals surface area contributed by atoms with Crippen molar-refractivity contribution in [3.05, 3.63) is 82.4 Å². The van der Waals surface area contributed by atoms with Crippen LogP contribution < -0.4 is 9.62 Å². The number of hydrogen-bond acceptors (Lipinski definition) is 5. The molecule has 0 bridgehead atoms. The topological polar surface area (TPSA) is 66.5 Å². The highest BCUT2D eigenvalue weighted by Crippen LogP contribution is 2.28. The molecule has 0 saturated carbocycles. The van der Waals surface area contributed by atoms with Crippen molar-refractivity contribution < 1.29 is 17.6 Å². The van der Waals surface area contributed by atoms with Gasteiger partial charge in [-0.05, 0) is 47.4 Å². The minimum Gasteiger partial charge on any atom is -0.354 e. The fourth-order valence-corrected chi connectivity index (χ4v) is 6.64. The Bertz CT molecular complexity index is 1140. The molecular formula is C22H22ClFN2O3S3. The Hall–Kier alpha value is -2.07. The van der Waals surface area contributed by atoms with Crippen LogP contribution in [0.1, 0.15) is 12.0 Å². The highest BCUT2D eigenvalue weighted by atomic mass is 35.5. The number of sulfonamides is 1. The first-order chi connectivity index (χ1) is 15.4. The molecule has 0 aliphatic rings. The zero-order valence-electron chi connectivity index (χ0n) is 17.0. The number of para-hydroxylation sites is 1. The third-order valence-electron chi connectivity index (χ3n) is 4.45. The number of benzene rings is 2. The second-order valence-corrected chi connectivity index (χ2v) is 11.3. The van der Waals surface area contributed by atoms with Crippen LogP contribution >= 0.6 is 34.7 Å². The third-order valence-corrected chi connectivity index (χ3v) is 9.04. The monoisotopic (exact) mass is 512 g/mol. The molecule has 0 aliphatic heterocycles. The number of carbonyl (C=O) groups is 1. The van der Waals surface area contributed by atoms with Gasteiger partial charge in [-0.2, -0.15) is 11.8 Å². The van der Waals surface area contributed by atoms with Gasteiger partial charge in [-0.3, -0.25) is 9.10 Å². The molecule has 3 rings (SSSR count). The largest absolute Gasteiger partial charge is 0.354 e. The van der Waals surface area contributed by atoms with Crippen molar-refractivity contribution in [1.29, 1.82) is 0 Å². The van der Waals surface area contributed by atoms with Gasteiger partial charge in [-0.25, -0.2) is 12.8 Å². The first-order valence-electron chi connectivity index (χ1n) is 9.78. The number of nitrogens with zero attached hydrogens (tertiary/aromatic N) is 1. The number of carbonyl (C=O) groups excluding carboxylic acids is 1. The summed E-state index contributed by atoms with van der Waals surface area (Å²) in [6.45, 7) is -0.119. The van der Waals surface area contributed by atoms with Crippen LogP contribution in [-0.2, 0) is 20.6 Å². The summed E-state index contributed by atoms with van der Waals surface area (Å²) in [5.74, 6) is 0.366. The Morgan fingerprint density at radius 2 is 1.84 bits per heavy atom. The summed E-state index contributed by atoms with van der Waals surface area (Å²) >= 11 is 8.85. The van der Waals surface area contributed by atoms with E-state index in [0.29, 0.717) is 13.0 Å². The van der Waals surface area contributed by atoms with Gasteiger partial charge < -0.3 is 5.32 Å². The van der Waals surface area contributed by atoms with Crippen LogP contribution in [0.4, 0.5) is 10.1 Å². The Labute approximate surface area is 200 Å². The summed E-state index contributed by atoms with van der Waals surface area (Å²) < 4.78 is 41.3. The molecule has 1 heterocycles. The Morgan fingerprint density at radius 1 is 1.09 bits per heavy atom. The highest BCUT2D eigenvalue weighted by Gasteiger charge is 2.29. The van der Waals surface area contributed by atoms with Gasteiger partial charge >= 0.3 is 0 Å². The molecule has 1 aromatic heterocycles. The number of nitrogens with one attached hydrogen (secondary N) is 1. The minimum absolute atomic E-state index is 0.0459. The SMILES string of the molecule is O=C(CN(c1ccccc1F)S(=O)(=O)c1cccs1)NCCCSCc1ccccc1Cl. The van der Waals surface area contributed by atoms with Gasteiger partial charge in [-0.1, -0.05) is 48.0 Å². The zero-order valence-corrected chi connectivity index (χ0v) is 20.2. The molecule has 5 nitrogen and oxygen atoms in total. The summed E-state index contributed by atoms with van der Waals surface area (Å²) in [6, 6.07) is 16.2. The molecule has 0 radical (unpaired) electrons.